The SMILES string of the molecule is FC(F)(F)CC1(CC(F)(F)F)c2cc(-c3ccc4ccc5cccc6ccc3c4c56)ccc2-c2ccc(-c3ccc4ccc5cccc6ccc3c4c56)cc21. The van der Waals surface area contributed by atoms with E-state index in [0.717, 1.165) is 75.8 Å². The van der Waals surface area contributed by atoms with Gasteiger partial charge in [0.05, 0.1) is 12.8 Å². The number of rotatable bonds is 4. The minimum absolute atomic E-state index is 0.0490. The summed E-state index contributed by atoms with van der Waals surface area (Å²) < 4.78 is 89.2. The maximum absolute atomic E-state index is 14.9. The third kappa shape index (κ3) is 4.73. The lowest BCUT2D eigenvalue weighted by Gasteiger charge is -2.34. The summed E-state index contributed by atoms with van der Waals surface area (Å²) in [5.41, 5.74) is 1.15. The Kier molecular flexibility index (Phi) is 6.45. The Morgan fingerprint density at radius 1 is 0.345 bits per heavy atom. The largest absolute Gasteiger partial charge is 0.390 e. The molecule has 55 heavy (non-hydrogen) atoms. The van der Waals surface area contributed by atoms with Crippen molar-refractivity contribution in [3.05, 3.63) is 157 Å². The number of fused-ring (bicyclic) bond motifs is 3. The lowest BCUT2D eigenvalue weighted by molar-refractivity contribution is -0.173. The Balaban J connectivity index is 1.15. The van der Waals surface area contributed by atoms with Gasteiger partial charge in [0.2, 0.25) is 0 Å². The fourth-order valence-electron chi connectivity index (χ4n) is 9.93. The Labute approximate surface area is 310 Å². The van der Waals surface area contributed by atoms with Crippen LogP contribution in [0.25, 0.3) is 98.0 Å². The zero-order valence-electron chi connectivity index (χ0n) is 29.0. The minimum atomic E-state index is -4.89. The molecule has 1 aliphatic carbocycles. The first-order chi connectivity index (χ1) is 26.5. The normalized spacial score (nSPS) is 14.3. The van der Waals surface area contributed by atoms with Gasteiger partial charge < -0.3 is 0 Å². The molecule has 10 aromatic carbocycles. The van der Waals surface area contributed by atoms with Crippen molar-refractivity contribution in [2.45, 2.75) is 30.6 Å². The van der Waals surface area contributed by atoms with Crippen LogP contribution in [0.4, 0.5) is 26.3 Å². The van der Waals surface area contributed by atoms with Crippen LogP contribution in [0, 0.1) is 0 Å². The van der Waals surface area contributed by atoms with Gasteiger partial charge in [0.25, 0.3) is 0 Å². The van der Waals surface area contributed by atoms with E-state index in [2.05, 4.69) is 12.1 Å². The predicted octanol–water partition coefficient (Wildman–Crippen LogP) is 15.0. The summed E-state index contributed by atoms with van der Waals surface area (Å²) in [5.74, 6) is 0. The van der Waals surface area contributed by atoms with Gasteiger partial charge in [0.1, 0.15) is 0 Å². The van der Waals surface area contributed by atoms with E-state index in [1.807, 2.05) is 109 Å². The molecule has 0 unspecified atom stereocenters. The van der Waals surface area contributed by atoms with Gasteiger partial charge >= 0.3 is 12.4 Å². The number of hydrogen-bond acceptors (Lipinski definition) is 0. The second-order valence-electron chi connectivity index (χ2n) is 15.1. The van der Waals surface area contributed by atoms with Crippen LogP contribution in [-0.4, -0.2) is 12.4 Å². The number of alkyl halides is 6. The summed E-state index contributed by atoms with van der Waals surface area (Å²) in [6.07, 6.45) is -13.1. The van der Waals surface area contributed by atoms with Crippen molar-refractivity contribution in [1.82, 2.24) is 0 Å². The maximum atomic E-state index is 14.9. The topological polar surface area (TPSA) is 0 Å². The first-order valence-corrected chi connectivity index (χ1v) is 18.2. The average molecular weight is 731 g/mol. The molecule has 11 rings (SSSR count). The van der Waals surface area contributed by atoms with Crippen molar-refractivity contribution in [1.29, 1.82) is 0 Å². The molecule has 1 aliphatic rings. The van der Waals surface area contributed by atoms with E-state index < -0.39 is 30.6 Å². The third-order valence-corrected chi connectivity index (χ3v) is 12.0. The molecule has 6 heteroatoms. The Bertz CT molecular complexity index is 2940. The third-order valence-electron chi connectivity index (χ3n) is 12.0. The standard InChI is InChI=1S/C49H28F6/c50-48(51,52)25-47(26-49(53,54)55)41-23-33(35-17-11-31-9-7-27-3-1-5-29-13-21-39(35)45(31)43(27)29)15-19-37(41)38-20-16-34(24-42(38)47)36-18-12-32-10-8-28-4-2-6-30-14-22-40(36)46(32)44(28)30/h1-24H,25-26H2. The molecule has 10 aromatic rings. The summed E-state index contributed by atoms with van der Waals surface area (Å²) in [6, 6.07) is 46.5. The number of benzene rings is 10. The van der Waals surface area contributed by atoms with Gasteiger partial charge in [-0.3, -0.25) is 0 Å². The van der Waals surface area contributed by atoms with Gasteiger partial charge in [0.15, 0.2) is 0 Å². The van der Waals surface area contributed by atoms with Crippen LogP contribution in [0.15, 0.2) is 146 Å². The van der Waals surface area contributed by atoms with Crippen molar-refractivity contribution >= 4 is 64.6 Å². The lowest BCUT2D eigenvalue weighted by atomic mass is 9.71. The molecule has 0 saturated heterocycles. The molecule has 0 bridgehead atoms. The fraction of sp³-hybridized carbons (Fsp3) is 0.102. The van der Waals surface area contributed by atoms with Gasteiger partial charge in [-0.1, -0.05) is 133 Å². The quantitative estimate of drug-likeness (QED) is 0.125. The Hall–Kier alpha value is -6.14. The van der Waals surface area contributed by atoms with Gasteiger partial charge in [0, 0.05) is 5.41 Å². The Morgan fingerprint density at radius 3 is 1.05 bits per heavy atom. The first kappa shape index (κ1) is 32.3. The van der Waals surface area contributed by atoms with Gasteiger partial charge in [-0.05, 0) is 121 Å². The molecule has 0 heterocycles. The van der Waals surface area contributed by atoms with Crippen molar-refractivity contribution in [3.63, 3.8) is 0 Å². The highest BCUT2D eigenvalue weighted by atomic mass is 19.4. The van der Waals surface area contributed by atoms with Crippen molar-refractivity contribution in [3.8, 4) is 33.4 Å². The van der Waals surface area contributed by atoms with Gasteiger partial charge in [-0.2, -0.15) is 26.3 Å². The van der Waals surface area contributed by atoms with Crippen LogP contribution >= 0.6 is 0 Å². The molecule has 0 aromatic heterocycles. The zero-order chi connectivity index (χ0) is 37.4. The van der Waals surface area contributed by atoms with Crippen molar-refractivity contribution < 1.29 is 26.3 Å². The van der Waals surface area contributed by atoms with E-state index in [0.29, 0.717) is 22.3 Å². The molecule has 0 saturated carbocycles. The minimum Gasteiger partial charge on any atom is -0.171 e. The molecule has 0 spiro atoms. The van der Waals surface area contributed by atoms with E-state index in [-0.39, 0.29) is 11.1 Å². The monoisotopic (exact) mass is 730 g/mol. The molecule has 0 radical (unpaired) electrons. The highest BCUT2D eigenvalue weighted by Gasteiger charge is 2.55. The van der Waals surface area contributed by atoms with Gasteiger partial charge in [-0.25, -0.2) is 0 Å². The average Bonchev–Trinajstić information content (AvgIpc) is 3.41. The molecule has 266 valence electrons. The second-order valence-corrected chi connectivity index (χ2v) is 15.1. The van der Waals surface area contributed by atoms with Crippen LogP contribution in [0.5, 0.6) is 0 Å². The highest BCUT2D eigenvalue weighted by molar-refractivity contribution is 6.26. The molecule has 0 amide bonds. The summed E-state index contributed by atoms with van der Waals surface area (Å²) in [6.45, 7) is 0. The molecule has 0 N–H and O–H groups in total. The van der Waals surface area contributed by atoms with Crippen LogP contribution in [-0.2, 0) is 5.41 Å². The molecule has 0 atom stereocenters. The molecule has 0 nitrogen and oxygen atoms in total. The van der Waals surface area contributed by atoms with E-state index in [9.17, 15) is 26.3 Å². The van der Waals surface area contributed by atoms with E-state index in [1.165, 1.54) is 0 Å². The predicted molar refractivity (Wildman–Crippen MR) is 212 cm³/mol. The lowest BCUT2D eigenvalue weighted by Crippen LogP contribution is -2.36. The van der Waals surface area contributed by atoms with E-state index in [1.54, 1.807) is 24.3 Å². The van der Waals surface area contributed by atoms with Crippen molar-refractivity contribution in [2.24, 2.45) is 0 Å². The fourth-order valence-corrected chi connectivity index (χ4v) is 9.93. The van der Waals surface area contributed by atoms with E-state index in [4.69, 9.17) is 0 Å². The number of halogens is 6. The number of hydrogen-bond donors (Lipinski definition) is 0. The van der Waals surface area contributed by atoms with Crippen LogP contribution in [0.2, 0.25) is 0 Å². The van der Waals surface area contributed by atoms with Crippen LogP contribution < -0.4 is 0 Å². The molecule has 0 fully saturated rings. The Morgan fingerprint density at radius 2 is 0.673 bits per heavy atom. The summed E-state index contributed by atoms with van der Waals surface area (Å²) in [7, 11) is 0. The summed E-state index contributed by atoms with van der Waals surface area (Å²) in [4.78, 5) is 0. The molecular weight excluding hydrogens is 703 g/mol. The summed E-state index contributed by atoms with van der Waals surface area (Å²) in [5, 5.41) is 12.3. The first-order valence-electron chi connectivity index (χ1n) is 18.2. The summed E-state index contributed by atoms with van der Waals surface area (Å²) >= 11 is 0. The smallest absolute Gasteiger partial charge is 0.171 e. The second kappa shape index (κ2) is 11.0. The molecular formula is C49H28F6. The van der Waals surface area contributed by atoms with Crippen LogP contribution in [0.3, 0.4) is 0 Å². The van der Waals surface area contributed by atoms with Crippen LogP contribution in [0.1, 0.15) is 24.0 Å². The van der Waals surface area contributed by atoms with Crippen molar-refractivity contribution in [2.75, 3.05) is 0 Å². The highest BCUT2D eigenvalue weighted by Crippen LogP contribution is 2.59. The zero-order valence-corrected chi connectivity index (χ0v) is 29.0. The van der Waals surface area contributed by atoms with E-state index >= 15 is 0 Å². The molecule has 0 aliphatic heterocycles. The van der Waals surface area contributed by atoms with Gasteiger partial charge in [-0.15, -0.1) is 0 Å². The maximum Gasteiger partial charge on any atom is 0.390 e.